The Bertz CT molecular complexity index is 3730. The van der Waals surface area contributed by atoms with Crippen molar-refractivity contribution in [2.75, 3.05) is 28.4 Å². The van der Waals surface area contributed by atoms with Crippen LogP contribution >= 0.6 is 0 Å². The van der Waals surface area contributed by atoms with Crippen LogP contribution in [0.4, 0.5) is 0 Å². The Hall–Kier alpha value is -5.70. The van der Waals surface area contributed by atoms with Crippen LogP contribution in [0.15, 0.2) is 83.7 Å². The summed E-state index contributed by atoms with van der Waals surface area (Å²) in [6.07, 6.45) is 33.9. The summed E-state index contributed by atoms with van der Waals surface area (Å²) in [5, 5.41) is 21.7. The zero-order valence-electron chi connectivity index (χ0n) is 67.3. The van der Waals surface area contributed by atoms with Crippen LogP contribution < -0.4 is 18.9 Å². The molecule has 8 fully saturated rings. The molecule has 0 spiro atoms. The highest BCUT2D eigenvalue weighted by Gasteiger charge is 2.66. The molecule has 10 aliphatic rings. The van der Waals surface area contributed by atoms with Gasteiger partial charge in [-0.15, -0.1) is 0 Å². The Morgan fingerprint density at radius 2 is 0.819 bits per heavy atom. The van der Waals surface area contributed by atoms with Crippen LogP contribution in [-0.2, 0) is 38.1 Å². The first-order valence-electron chi connectivity index (χ1n) is 40.5. The van der Waals surface area contributed by atoms with Gasteiger partial charge in [0, 0.05) is 25.0 Å². The van der Waals surface area contributed by atoms with Gasteiger partial charge in [-0.1, -0.05) is 151 Å². The van der Waals surface area contributed by atoms with E-state index in [1.54, 1.807) is 59.7 Å². The fraction of sp³-hybridized carbons (Fsp3) is 0.714. The lowest BCUT2D eigenvalue weighted by atomic mass is 9.42. The summed E-state index contributed by atoms with van der Waals surface area (Å²) in [6.45, 7) is 34.7. The van der Waals surface area contributed by atoms with Gasteiger partial charge in [0.05, 0.1) is 58.2 Å². The van der Waals surface area contributed by atoms with Crippen molar-refractivity contribution in [1.82, 2.24) is 0 Å². The van der Waals surface area contributed by atoms with Crippen LogP contribution in [0.5, 0.6) is 23.0 Å². The number of carbonyl (C=O) groups excluding carboxylic acids is 4. The van der Waals surface area contributed by atoms with Gasteiger partial charge in [0.25, 0.3) is 0 Å². The summed E-state index contributed by atoms with van der Waals surface area (Å²) < 4.78 is 47.6. The minimum absolute atomic E-state index is 0.103. The largest absolute Gasteiger partial charge is 0.508 e. The second-order valence-electron chi connectivity index (χ2n) is 38.8. The second kappa shape index (κ2) is 29.6. The van der Waals surface area contributed by atoms with Crippen molar-refractivity contribution in [3.63, 3.8) is 0 Å². The minimum Gasteiger partial charge on any atom is -0.508 e. The van der Waals surface area contributed by atoms with Gasteiger partial charge >= 0.3 is 23.9 Å². The van der Waals surface area contributed by atoms with Gasteiger partial charge in [-0.05, 0) is 267 Å². The monoisotopic (exact) mass is 1450 g/mol. The predicted molar refractivity (Wildman–Crippen MR) is 412 cm³/mol. The highest BCUT2D eigenvalue weighted by atomic mass is 16.6. The number of hydrogen-bond acceptors (Lipinski definition) is 14. The van der Waals surface area contributed by atoms with Gasteiger partial charge in [0.15, 0.2) is 23.0 Å². The molecule has 12 rings (SSSR count). The Kier molecular flexibility index (Phi) is 22.2. The van der Waals surface area contributed by atoms with Gasteiger partial charge in [-0.3, -0.25) is 19.2 Å². The summed E-state index contributed by atoms with van der Waals surface area (Å²) in [7, 11) is 6.75. The third kappa shape index (κ3) is 14.6. The lowest BCUT2D eigenvalue weighted by molar-refractivity contribution is -0.178. The molecule has 19 atom stereocenters. The maximum atomic E-state index is 13.6. The van der Waals surface area contributed by atoms with Crippen LogP contribution in [-0.4, -0.2) is 93.0 Å². The molecule has 14 heteroatoms. The smallest absolute Gasteiger partial charge is 0.311 e. The summed E-state index contributed by atoms with van der Waals surface area (Å²) in [5.74, 6) is 3.20. The quantitative estimate of drug-likeness (QED) is 0.0445. The fourth-order valence-corrected chi connectivity index (χ4v) is 26.7. The van der Waals surface area contributed by atoms with Crippen molar-refractivity contribution in [3.8, 4) is 23.0 Å². The first-order chi connectivity index (χ1) is 49.4. The molecule has 1 unspecified atom stereocenters. The number of hydrogen-bond donors (Lipinski definition) is 2. The fourth-order valence-electron chi connectivity index (χ4n) is 26.7. The topological polar surface area (TPSA) is 183 Å². The average molecular weight is 1450 g/mol. The van der Waals surface area contributed by atoms with E-state index in [1.807, 2.05) is 14.2 Å². The first-order valence-corrected chi connectivity index (χ1v) is 40.5. The minimum atomic E-state index is -1.18. The highest BCUT2D eigenvalue weighted by Crippen LogP contribution is 2.73. The van der Waals surface area contributed by atoms with E-state index in [1.165, 1.54) is 109 Å². The zero-order valence-corrected chi connectivity index (χ0v) is 67.3. The number of benzene rings is 2. The van der Waals surface area contributed by atoms with Crippen LogP contribution in [0.2, 0.25) is 0 Å². The number of ether oxygens (including phenoxy) is 8. The number of carbonyl (C=O) groups is 4. The predicted octanol–water partition coefficient (Wildman–Crippen LogP) is 20.3. The molecule has 0 radical (unpaired) electrons. The zero-order chi connectivity index (χ0) is 75.8. The van der Waals surface area contributed by atoms with E-state index in [2.05, 4.69) is 109 Å². The number of aliphatic hydroxyl groups excluding tert-OH is 2. The molecule has 0 aliphatic heterocycles. The maximum absolute atomic E-state index is 13.6. The van der Waals surface area contributed by atoms with E-state index in [0.717, 1.165) is 51.4 Å². The Morgan fingerprint density at radius 3 is 1.23 bits per heavy atom. The Balaban J connectivity index is 0.575. The summed E-state index contributed by atoms with van der Waals surface area (Å²) in [4.78, 5) is 53.9. The first kappa shape index (κ1) is 78.9. The molecular formula is C91H130O14. The molecule has 0 heterocycles. The van der Waals surface area contributed by atoms with Crippen molar-refractivity contribution >= 4 is 36.0 Å². The Morgan fingerprint density at radius 1 is 0.438 bits per heavy atom. The molecule has 10 aliphatic carbocycles. The molecule has 2 aromatic carbocycles. The maximum Gasteiger partial charge on any atom is 0.311 e. The third-order valence-corrected chi connectivity index (χ3v) is 31.9. The molecule has 0 amide bonds. The van der Waals surface area contributed by atoms with Crippen LogP contribution in [0, 0.1) is 101 Å². The number of aliphatic hydroxyl groups is 2. The summed E-state index contributed by atoms with van der Waals surface area (Å²) >= 11 is 0. The van der Waals surface area contributed by atoms with E-state index >= 15 is 0 Å². The van der Waals surface area contributed by atoms with Crippen molar-refractivity contribution in [3.05, 3.63) is 94.8 Å². The number of methoxy groups -OCH3 is 4. The molecule has 8 saturated carbocycles. The molecule has 0 aromatic heterocycles. The molecule has 2 N–H and O–H groups in total. The number of rotatable bonds is 19. The standard InChI is InChI=1S/C91H130O14/c1-82(2)70-39-45-86(9)54-58-23-31-68-84(5,6)76(43-47-88(68,11)62(58)27-33-72(86)90(70,13)49-41-74(82)100-17)104-80(96)37-35-78(94)102-64-29-21-56(51-66(64)98-15)19-25-60(92)53-61(93)26-20-57-22-30-65(67(52-57)99-16)103-79(95)36-38-81(97)105-77-44-48-89(12)63-28-34-73-87(10,55-59(63)24-32-69(89)85(77,7)8)46-40-71-83(3,4)75(101-18)42-50-91(71,73)14/h19-26,29-30,51-53,60,62-63,68-77,92-93H,27-28,31-50,54-55H2,1-18H3/b25-19+,26-20+,61-53-/t60?,62-,63-,68-,69-,70-,71-,72-,73-,74+,75+,76+,77+,86-,87-,88+,89+,90-,91-/m0/s1. The lowest BCUT2D eigenvalue weighted by Crippen LogP contribution is -2.58. The van der Waals surface area contributed by atoms with E-state index in [4.69, 9.17) is 37.9 Å². The summed E-state index contributed by atoms with van der Waals surface area (Å²) in [6, 6.07) is 9.93. The molecule has 0 saturated heterocycles. The van der Waals surface area contributed by atoms with Crippen molar-refractivity contribution < 1.29 is 67.3 Å². The number of allylic oxidation sites excluding steroid dienone is 5. The molecule has 105 heavy (non-hydrogen) atoms. The molecular weight excluding hydrogens is 1320 g/mol. The van der Waals surface area contributed by atoms with Gasteiger partial charge < -0.3 is 48.1 Å². The molecule has 2 aromatic rings. The van der Waals surface area contributed by atoms with E-state index in [0.29, 0.717) is 92.3 Å². The van der Waals surface area contributed by atoms with Crippen LogP contribution in [0.1, 0.15) is 262 Å². The SMILES string of the molecule is COc1cc(/C=C/C(O)=C/C(O)/C=C/c2ccc(OC(=O)CCC(=O)O[C@@H]3CC[C@]4(C)[C@H]5CC[C@H]6[C@@](C)(CC[C@H]7C(C)(C)[C@H](OC)CC[C@@]76C)CC5=CC[C@H]4C3(C)C)c(OC)c2)ccc1OC(=O)CCC(=O)O[C@@H]1CC[C@]2(C)[C@H]3CC[C@H]4[C@@](C)(CC[C@H]5C(C)(C)[C@H](OC)CC[C@@]54C)CC3=CC[C@H]2C1(C)C. The van der Waals surface area contributed by atoms with Crippen molar-refractivity contribution in [2.45, 2.75) is 282 Å². The van der Waals surface area contributed by atoms with E-state index in [-0.39, 0.29) is 99.1 Å². The van der Waals surface area contributed by atoms with Gasteiger partial charge in [0.1, 0.15) is 18.0 Å². The lowest BCUT2D eigenvalue weighted by Gasteiger charge is -2.64. The van der Waals surface area contributed by atoms with Crippen LogP contribution in [0.3, 0.4) is 0 Å². The van der Waals surface area contributed by atoms with Gasteiger partial charge in [0.2, 0.25) is 0 Å². The number of fused-ring (bicyclic) bond motifs is 12. The molecule has 0 bridgehead atoms. The normalized spacial score (nSPS) is 38.1. The number of esters is 4. The van der Waals surface area contributed by atoms with E-state index in [9.17, 15) is 29.4 Å². The molecule has 14 nitrogen and oxygen atoms in total. The highest BCUT2D eigenvalue weighted by molar-refractivity contribution is 5.80. The average Bonchev–Trinajstić information content (AvgIpc) is 1.38. The van der Waals surface area contributed by atoms with Crippen molar-refractivity contribution in [2.24, 2.45) is 101 Å². The Labute approximate surface area is 629 Å². The van der Waals surface area contributed by atoms with E-state index < -0.39 is 30.0 Å². The van der Waals surface area contributed by atoms with Crippen molar-refractivity contribution in [1.29, 1.82) is 0 Å². The summed E-state index contributed by atoms with van der Waals surface area (Å²) in [5.41, 5.74) is 5.83. The van der Waals surface area contributed by atoms with Gasteiger partial charge in [-0.25, -0.2) is 0 Å². The third-order valence-electron chi connectivity index (χ3n) is 31.9. The van der Waals surface area contributed by atoms with Crippen LogP contribution in [0.25, 0.3) is 12.2 Å². The van der Waals surface area contributed by atoms with Gasteiger partial charge in [-0.2, -0.15) is 0 Å². The molecule has 578 valence electrons. The second-order valence-corrected chi connectivity index (χ2v) is 38.8.